The fraction of sp³-hybridized carbons (Fsp3) is 0. The van der Waals surface area contributed by atoms with Crippen LogP contribution in [0.4, 0.5) is 5.69 Å². The molecule has 0 radical (unpaired) electrons. The molecule has 0 spiro atoms. The van der Waals surface area contributed by atoms with Crippen LogP contribution in [0.15, 0.2) is 36.4 Å². The predicted molar refractivity (Wildman–Crippen MR) is 83.8 cm³/mol. The Balaban J connectivity index is 2.36. The van der Waals surface area contributed by atoms with E-state index in [9.17, 15) is 19.8 Å². The standard InChI is InChI=1S/C14H10INO5/c15-7-4-5-10(9(6-7)14(20)21)16-13(19)8-2-1-3-11(17)12(8)18/h1-6,17-18H,(H,16,19)(H,20,21). The van der Waals surface area contributed by atoms with Crippen LogP contribution < -0.4 is 5.32 Å². The minimum atomic E-state index is -1.18. The maximum Gasteiger partial charge on any atom is 0.337 e. The van der Waals surface area contributed by atoms with Crippen LogP contribution in [-0.4, -0.2) is 27.2 Å². The molecule has 2 aromatic rings. The van der Waals surface area contributed by atoms with Crippen LogP contribution >= 0.6 is 22.6 Å². The second kappa shape index (κ2) is 6.00. The van der Waals surface area contributed by atoms with E-state index in [-0.39, 0.29) is 16.8 Å². The molecule has 0 aliphatic rings. The lowest BCUT2D eigenvalue weighted by Crippen LogP contribution is -2.15. The lowest BCUT2D eigenvalue weighted by atomic mass is 10.1. The smallest absolute Gasteiger partial charge is 0.337 e. The maximum atomic E-state index is 12.1. The van der Waals surface area contributed by atoms with Crippen molar-refractivity contribution >= 4 is 40.2 Å². The molecule has 7 heteroatoms. The first-order valence-corrected chi connectivity index (χ1v) is 6.83. The minimum absolute atomic E-state index is 0.0603. The third kappa shape index (κ3) is 3.24. The summed E-state index contributed by atoms with van der Waals surface area (Å²) in [6, 6.07) is 8.47. The molecule has 21 heavy (non-hydrogen) atoms. The molecular weight excluding hydrogens is 389 g/mol. The highest BCUT2D eigenvalue weighted by molar-refractivity contribution is 14.1. The fourth-order valence-corrected chi connectivity index (χ4v) is 2.20. The molecule has 108 valence electrons. The summed E-state index contributed by atoms with van der Waals surface area (Å²) in [5.41, 5.74) is -0.101. The molecule has 2 rings (SSSR count). The third-order valence-corrected chi connectivity index (χ3v) is 3.39. The summed E-state index contributed by atoms with van der Waals surface area (Å²) in [5, 5.41) is 30.5. The van der Waals surface area contributed by atoms with Crippen LogP contribution in [0.25, 0.3) is 0 Å². The van der Waals surface area contributed by atoms with Crippen molar-refractivity contribution in [1.82, 2.24) is 0 Å². The zero-order valence-electron chi connectivity index (χ0n) is 10.5. The van der Waals surface area contributed by atoms with Crippen LogP contribution in [0.5, 0.6) is 11.5 Å². The summed E-state index contributed by atoms with van der Waals surface area (Å²) in [4.78, 5) is 23.2. The van der Waals surface area contributed by atoms with E-state index in [1.54, 1.807) is 6.07 Å². The van der Waals surface area contributed by atoms with Gasteiger partial charge in [0.25, 0.3) is 5.91 Å². The first kappa shape index (κ1) is 15.1. The van der Waals surface area contributed by atoms with Crippen molar-refractivity contribution in [3.63, 3.8) is 0 Å². The van der Waals surface area contributed by atoms with Gasteiger partial charge in [0.2, 0.25) is 0 Å². The number of aromatic carboxylic acids is 1. The van der Waals surface area contributed by atoms with E-state index in [4.69, 9.17) is 5.11 Å². The number of carboxylic acids is 1. The summed E-state index contributed by atoms with van der Waals surface area (Å²) in [6.07, 6.45) is 0. The summed E-state index contributed by atoms with van der Waals surface area (Å²) in [7, 11) is 0. The van der Waals surface area contributed by atoms with Crippen molar-refractivity contribution in [2.45, 2.75) is 0 Å². The quantitative estimate of drug-likeness (QED) is 0.469. The van der Waals surface area contributed by atoms with Gasteiger partial charge in [0.05, 0.1) is 16.8 Å². The van der Waals surface area contributed by atoms with Crippen molar-refractivity contribution in [1.29, 1.82) is 0 Å². The molecule has 0 fully saturated rings. The zero-order chi connectivity index (χ0) is 15.6. The molecular formula is C14H10INO5. The molecule has 6 nitrogen and oxygen atoms in total. The number of anilines is 1. The van der Waals surface area contributed by atoms with Crippen molar-refractivity contribution in [3.05, 3.63) is 51.1 Å². The van der Waals surface area contributed by atoms with Gasteiger partial charge in [-0.15, -0.1) is 0 Å². The van der Waals surface area contributed by atoms with E-state index < -0.39 is 23.4 Å². The molecule has 0 bridgehead atoms. The summed E-state index contributed by atoms with van der Waals surface area (Å²) >= 11 is 1.96. The van der Waals surface area contributed by atoms with Crippen molar-refractivity contribution in [2.24, 2.45) is 0 Å². The highest BCUT2D eigenvalue weighted by atomic mass is 127. The molecule has 4 N–H and O–H groups in total. The Labute approximate surface area is 133 Å². The number of para-hydroxylation sites is 1. The monoisotopic (exact) mass is 399 g/mol. The number of phenolic OH excluding ortho intramolecular Hbond substituents is 2. The molecule has 1 amide bonds. The van der Waals surface area contributed by atoms with Crippen molar-refractivity contribution in [3.8, 4) is 11.5 Å². The Morgan fingerprint density at radius 3 is 2.43 bits per heavy atom. The third-order valence-electron chi connectivity index (χ3n) is 2.72. The van der Waals surface area contributed by atoms with Crippen LogP contribution in [0.1, 0.15) is 20.7 Å². The van der Waals surface area contributed by atoms with E-state index in [0.717, 1.165) is 0 Å². The second-order valence-corrected chi connectivity index (χ2v) is 5.37. The number of amides is 1. The van der Waals surface area contributed by atoms with Crippen LogP contribution in [-0.2, 0) is 0 Å². The number of aromatic hydroxyl groups is 2. The normalized spacial score (nSPS) is 10.1. The van der Waals surface area contributed by atoms with Gasteiger partial charge in [-0.25, -0.2) is 4.79 Å². The summed E-state index contributed by atoms with van der Waals surface area (Å²) in [6.45, 7) is 0. The Morgan fingerprint density at radius 1 is 1.05 bits per heavy atom. The van der Waals surface area contributed by atoms with Gasteiger partial charge in [0, 0.05) is 3.57 Å². The number of carbonyl (C=O) groups is 2. The Bertz CT molecular complexity index is 729. The number of benzene rings is 2. The van der Waals surface area contributed by atoms with Crippen molar-refractivity contribution in [2.75, 3.05) is 5.32 Å². The highest BCUT2D eigenvalue weighted by Gasteiger charge is 2.17. The number of nitrogens with one attached hydrogen (secondary N) is 1. The number of hydrogen-bond acceptors (Lipinski definition) is 4. The Hall–Kier alpha value is -2.29. The highest BCUT2D eigenvalue weighted by Crippen LogP contribution is 2.29. The molecule has 0 saturated carbocycles. The Morgan fingerprint density at radius 2 is 1.76 bits per heavy atom. The lowest BCUT2D eigenvalue weighted by Gasteiger charge is -2.10. The Kier molecular flexibility index (Phi) is 4.32. The number of carboxylic acid groups (broad SMARTS) is 1. The van der Waals surface area contributed by atoms with Gasteiger partial charge in [-0.2, -0.15) is 0 Å². The topological polar surface area (TPSA) is 107 Å². The number of rotatable bonds is 3. The molecule has 0 atom stereocenters. The zero-order valence-corrected chi connectivity index (χ0v) is 12.7. The van der Waals surface area contributed by atoms with E-state index in [1.165, 1.54) is 30.3 Å². The first-order chi connectivity index (χ1) is 9.90. The molecule has 0 heterocycles. The minimum Gasteiger partial charge on any atom is -0.504 e. The van der Waals surface area contributed by atoms with Gasteiger partial charge < -0.3 is 20.6 Å². The SMILES string of the molecule is O=C(O)c1cc(I)ccc1NC(=O)c1cccc(O)c1O. The van der Waals surface area contributed by atoms with Crippen LogP contribution in [0, 0.1) is 3.57 Å². The number of carbonyl (C=O) groups excluding carboxylic acids is 1. The first-order valence-electron chi connectivity index (χ1n) is 5.75. The van der Waals surface area contributed by atoms with Gasteiger partial charge in [0.15, 0.2) is 11.5 Å². The van der Waals surface area contributed by atoms with E-state index in [1.807, 2.05) is 22.6 Å². The van der Waals surface area contributed by atoms with Crippen molar-refractivity contribution < 1.29 is 24.9 Å². The van der Waals surface area contributed by atoms with Gasteiger partial charge in [0.1, 0.15) is 0 Å². The van der Waals surface area contributed by atoms with Gasteiger partial charge in [-0.1, -0.05) is 6.07 Å². The van der Waals surface area contributed by atoms with E-state index >= 15 is 0 Å². The predicted octanol–water partition coefficient (Wildman–Crippen LogP) is 2.65. The van der Waals surface area contributed by atoms with Crippen LogP contribution in [0.2, 0.25) is 0 Å². The number of hydrogen-bond donors (Lipinski definition) is 4. The summed E-state index contributed by atoms with van der Waals surface area (Å²) < 4.78 is 0.711. The van der Waals surface area contributed by atoms with Gasteiger partial charge in [-0.3, -0.25) is 4.79 Å². The second-order valence-electron chi connectivity index (χ2n) is 4.12. The molecule has 0 aromatic heterocycles. The molecule has 0 aliphatic heterocycles. The molecule has 2 aromatic carbocycles. The molecule has 0 saturated heterocycles. The average molecular weight is 399 g/mol. The van der Waals surface area contributed by atoms with Gasteiger partial charge >= 0.3 is 5.97 Å². The summed E-state index contributed by atoms with van der Waals surface area (Å²) in [5.74, 6) is -2.88. The van der Waals surface area contributed by atoms with E-state index in [2.05, 4.69) is 5.32 Å². The number of halogens is 1. The molecule has 0 aliphatic carbocycles. The number of phenols is 2. The maximum absolute atomic E-state index is 12.1. The van der Waals surface area contributed by atoms with Crippen LogP contribution in [0.3, 0.4) is 0 Å². The lowest BCUT2D eigenvalue weighted by molar-refractivity contribution is 0.0698. The fourth-order valence-electron chi connectivity index (χ4n) is 1.71. The average Bonchev–Trinajstić information content (AvgIpc) is 2.43. The van der Waals surface area contributed by atoms with Gasteiger partial charge in [-0.05, 0) is 52.9 Å². The largest absolute Gasteiger partial charge is 0.504 e. The molecule has 0 unspecified atom stereocenters. The van der Waals surface area contributed by atoms with E-state index in [0.29, 0.717) is 3.57 Å².